The van der Waals surface area contributed by atoms with Crippen LogP contribution in [0.2, 0.25) is 0 Å². The van der Waals surface area contributed by atoms with Crippen molar-refractivity contribution in [2.24, 2.45) is 17.6 Å². The SMILES string of the molecule is CC(C)CCNCCC(C)CCN. The van der Waals surface area contributed by atoms with Gasteiger partial charge < -0.3 is 11.1 Å². The summed E-state index contributed by atoms with van der Waals surface area (Å²) in [5.41, 5.74) is 5.48. The molecule has 1 unspecified atom stereocenters. The van der Waals surface area contributed by atoms with Gasteiger partial charge in [-0.2, -0.15) is 0 Å². The van der Waals surface area contributed by atoms with E-state index in [4.69, 9.17) is 5.73 Å². The lowest BCUT2D eigenvalue weighted by molar-refractivity contribution is 0.461. The van der Waals surface area contributed by atoms with Crippen molar-refractivity contribution >= 4 is 0 Å². The Morgan fingerprint density at radius 1 is 1.00 bits per heavy atom. The lowest BCUT2D eigenvalue weighted by atomic mass is 10.0. The van der Waals surface area contributed by atoms with Gasteiger partial charge in [-0.15, -0.1) is 0 Å². The first kappa shape index (κ1) is 12.9. The van der Waals surface area contributed by atoms with Gasteiger partial charge in [-0.25, -0.2) is 0 Å². The summed E-state index contributed by atoms with van der Waals surface area (Å²) < 4.78 is 0. The molecule has 0 aromatic heterocycles. The summed E-state index contributed by atoms with van der Waals surface area (Å²) >= 11 is 0. The molecule has 13 heavy (non-hydrogen) atoms. The van der Waals surface area contributed by atoms with E-state index in [9.17, 15) is 0 Å². The van der Waals surface area contributed by atoms with Crippen LogP contribution in [-0.2, 0) is 0 Å². The molecule has 0 aliphatic carbocycles. The lowest BCUT2D eigenvalue weighted by Gasteiger charge is -2.11. The van der Waals surface area contributed by atoms with Gasteiger partial charge in [-0.3, -0.25) is 0 Å². The second kappa shape index (κ2) is 8.52. The molecule has 0 aromatic rings. The van der Waals surface area contributed by atoms with Crippen LogP contribution in [0.4, 0.5) is 0 Å². The molecule has 0 aromatic carbocycles. The molecular formula is C11H26N2. The average molecular weight is 186 g/mol. The van der Waals surface area contributed by atoms with Gasteiger partial charge in [0.15, 0.2) is 0 Å². The second-order valence-electron chi connectivity index (χ2n) is 4.40. The predicted molar refractivity (Wildman–Crippen MR) is 59.8 cm³/mol. The highest BCUT2D eigenvalue weighted by Crippen LogP contribution is 2.04. The number of nitrogens with two attached hydrogens (primary N) is 1. The van der Waals surface area contributed by atoms with E-state index in [0.29, 0.717) is 0 Å². The quantitative estimate of drug-likeness (QED) is 0.569. The van der Waals surface area contributed by atoms with Crippen LogP contribution in [0, 0.1) is 11.8 Å². The van der Waals surface area contributed by atoms with Crippen LogP contribution in [0.1, 0.15) is 40.0 Å². The number of rotatable bonds is 8. The Kier molecular flexibility index (Phi) is 8.46. The number of hydrogen-bond donors (Lipinski definition) is 2. The molecule has 0 saturated heterocycles. The molecule has 2 heteroatoms. The van der Waals surface area contributed by atoms with Gasteiger partial charge in [0.05, 0.1) is 0 Å². The van der Waals surface area contributed by atoms with Crippen LogP contribution < -0.4 is 11.1 Å². The molecule has 0 saturated carbocycles. The summed E-state index contributed by atoms with van der Waals surface area (Å²) in [7, 11) is 0. The summed E-state index contributed by atoms with van der Waals surface area (Å²) in [4.78, 5) is 0. The summed E-state index contributed by atoms with van der Waals surface area (Å²) in [6.45, 7) is 9.93. The topological polar surface area (TPSA) is 38.0 Å². The average Bonchev–Trinajstić information content (AvgIpc) is 2.03. The van der Waals surface area contributed by atoms with E-state index >= 15 is 0 Å². The largest absolute Gasteiger partial charge is 0.330 e. The Hall–Kier alpha value is -0.0800. The Bertz CT molecular complexity index is 102. The Labute approximate surface area is 83.3 Å². The van der Waals surface area contributed by atoms with Gasteiger partial charge >= 0.3 is 0 Å². The molecule has 1 atom stereocenters. The maximum absolute atomic E-state index is 5.48. The van der Waals surface area contributed by atoms with Gasteiger partial charge in [0.2, 0.25) is 0 Å². The van der Waals surface area contributed by atoms with Crippen molar-refractivity contribution in [1.29, 1.82) is 0 Å². The summed E-state index contributed by atoms with van der Waals surface area (Å²) in [5.74, 6) is 1.59. The standard InChI is InChI=1S/C11H26N2/c1-10(2)5-8-13-9-6-11(3)4-7-12/h10-11,13H,4-9,12H2,1-3H3. The fourth-order valence-corrected chi connectivity index (χ4v) is 1.29. The molecule has 0 aliphatic rings. The van der Waals surface area contributed by atoms with Crippen LogP contribution in [0.15, 0.2) is 0 Å². The van der Waals surface area contributed by atoms with E-state index in [1.54, 1.807) is 0 Å². The van der Waals surface area contributed by atoms with Crippen LogP contribution in [0.5, 0.6) is 0 Å². The third-order valence-corrected chi connectivity index (χ3v) is 2.37. The predicted octanol–water partition coefficient (Wildman–Crippen LogP) is 2.00. The highest BCUT2D eigenvalue weighted by Gasteiger charge is 1.99. The highest BCUT2D eigenvalue weighted by atomic mass is 14.8. The Morgan fingerprint density at radius 3 is 2.15 bits per heavy atom. The maximum atomic E-state index is 5.48. The van der Waals surface area contributed by atoms with Gasteiger partial charge in [-0.05, 0) is 50.7 Å². The van der Waals surface area contributed by atoms with Crippen molar-refractivity contribution < 1.29 is 0 Å². The summed E-state index contributed by atoms with van der Waals surface area (Å²) in [5, 5.41) is 3.47. The zero-order valence-corrected chi connectivity index (χ0v) is 9.47. The maximum Gasteiger partial charge on any atom is -0.00464 e. The minimum Gasteiger partial charge on any atom is -0.330 e. The number of nitrogens with one attached hydrogen (secondary N) is 1. The van der Waals surface area contributed by atoms with Gasteiger partial charge in [0.25, 0.3) is 0 Å². The van der Waals surface area contributed by atoms with Gasteiger partial charge in [-0.1, -0.05) is 20.8 Å². The first-order valence-electron chi connectivity index (χ1n) is 5.57. The van der Waals surface area contributed by atoms with Crippen LogP contribution in [0.25, 0.3) is 0 Å². The molecule has 0 amide bonds. The third kappa shape index (κ3) is 9.84. The van der Waals surface area contributed by atoms with Crippen molar-refractivity contribution in [2.45, 2.75) is 40.0 Å². The molecule has 0 aliphatic heterocycles. The molecule has 80 valence electrons. The van der Waals surface area contributed by atoms with Crippen molar-refractivity contribution in [3.63, 3.8) is 0 Å². The van der Waals surface area contributed by atoms with E-state index < -0.39 is 0 Å². The van der Waals surface area contributed by atoms with E-state index in [1.165, 1.54) is 12.8 Å². The monoisotopic (exact) mass is 186 g/mol. The van der Waals surface area contributed by atoms with Crippen molar-refractivity contribution in [2.75, 3.05) is 19.6 Å². The van der Waals surface area contributed by atoms with E-state index in [0.717, 1.165) is 37.9 Å². The minimum absolute atomic E-state index is 0.775. The van der Waals surface area contributed by atoms with Crippen molar-refractivity contribution in [1.82, 2.24) is 5.32 Å². The minimum atomic E-state index is 0.775. The Balaban J connectivity index is 3.06. The zero-order chi connectivity index (χ0) is 10.1. The third-order valence-electron chi connectivity index (χ3n) is 2.37. The van der Waals surface area contributed by atoms with E-state index in [1.807, 2.05) is 0 Å². The number of hydrogen-bond acceptors (Lipinski definition) is 2. The first-order chi connectivity index (χ1) is 6.16. The molecule has 0 rings (SSSR count). The molecule has 0 heterocycles. The fourth-order valence-electron chi connectivity index (χ4n) is 1.29. The molecular weight excluding hydrogens is 160 g/mol. The van der Waals surface area contributed by atoms with Crippen LogP contribution in [-0.4, -0.2) is 19.6 Å². The molecule has 2 nitrogen and oxygen atoms in total. The molecule has 0 radical (unpaired) electrons. The van der Waals surface area contributed by atoms with Crippen LogP contribution >= 0.6 is 0 Å². The van der Waals surface area contributed by atoms with E-state index in [-0.39, 0.29) is 0 Å². The lowest BCUT2D eigenvalue weighted by Crippen LogP contribution is -2.20. The molecule has 0 fully saturated rings. The van der Waals surface area contributed by atoms with Crippen LogP contribution in [0.3, 0.4) is 0 Å². The first-order valence-corrected chi connectivity index (χ1v) is 5.57. The molecule has 0 spiro atoms. The summed E-state index contributed by atoms with van der Waals surface area (Å²) in [6, 6.07) is 0. The smallest absolute Gasteiger partial charge is 0.00464 e. The van der Waals surface area contributed by atoms with Crippen molar-refractivity contribution in [3.8, 4) is 0 Å². The highest BCUT2D eigenvalue weighted by molar-refractivity contribution is 4.57. The molecule has 0 bridgehead atoms. The van der Waals surface area contributed by atoms with Gasteiger partial charge in [0, 0.05) is 0 Å². The Morgan fingerprint density at radius 2 is 1.62 bits per heavy atom. The summed E-state index contributed by atoms with van der Waals surface area (Å²) in [6.07, 6.45) is 3.70. The van der Waals surface area contributed by atoms with E-state index in [2.05, 4.69) is 26.1 Å². The normalized spacial score (nSPS) is 13.6. The second-order valence-corrected chi connectivity index (χ2v) is 4.40. The zero-order valence-electron chi connectivity index (χ0n) is 9.47. The van der Waals surface area contributed by atoms with Crippen molar-refractivity contribution in [3.05, 3.63) is 0 Å². The fraction of sp³-hybridized carbons (Fsp3) is 1.00. The molecule has 3 N–H and O–H groups in total. The van der Waals surface area contributed by atoms with Gasteiger partial charge in [0.1, 0.15) is 0 Å².